The molecule has 0 radical (unpaired) electrons. The first-order valence-electron chi connectivity index (χ1n) is 26.4. The Morgan fingerprint density at radius 2 is 0.724 bits per heavy atom. The van der Waals surface area contributed by atoms with Gasteiger partial charge in [0.05, 0.1) is 5.52 Å². The van der Waals surface area contributed by atoms with E-state index in [4.69, 9.17) is 4.42 Å². The van der Waals surface area contributed by atoms with Crippen molar-refractivity contribution in [3.8, 4) is 72.4 Å². The average molecular weight is 968 g/mol. The highest BCUT2D eigenvalue weighted by atomic mass is 16.3. The Morgan fingerprint density at radius 1 is 0.289 bits per heavy atom. The van der Waals surface area contributed by atoms with Crippen LogP contribution in [0.2, 0.25) is 0 Å². The number of para-hydroxylation sites is 1. The first-order chi connectivity index (χ1) is 37.7. The summed E-state index contributed by atoms with van der Waals surface area (Å²) >= 11 is 0. The quantitative estimate of drug-likeness (QED) is 0.139. The van der Waals surface area contributed by atoms with Crippen molar-refractivity contribution >= 4 is 66.0 Å². The lowest BCUT2D eigenvalue weighted by atomic mass is 9.85. The number of hydrogen-bond donors (Lipinski definition) is 0. The Kier molecular flexibility index (Phi) is 10.4. The standard InChI is InChI=1S/C74H49NO/c1-6-20-48(21-7-1)56-44-63(51-24-10-3-11-25-51)73-67(46-56)68-47-57(49-22-8-2-9-23-49)45-64(74(68)76-73)55-37-41-70-65(43-55)59-30-18-19-33-69(59)75(70)58-38-34-50(35-39-58)54-36-40-62-66(42-54)72(53-28-14-5-15-29-53)61-32-17-16-31-60(61)71(62)52-26-12-4-13-27-52/h1-36,38-40,42-47H,37,41H2. The largest absolute Gasteiger partial charge is 0.455 e. The van der Waals surface area contributed by atoms with Crippen LogP contribution in [0.25, 0.3) is 138 Å². The van der Waals surface area contributed by atoms with Gasteiger partial charge in [0.2, 0.25) is 0 Å². The van der Waals surface area contributed by atoms with Crippen LogP contribution in [0.5, 0.6) is 0 Å². The van der Waals surface area contributed by atoms with E-state index in [-0.39, 0.29) is 0 Å². The zero-order valence-corrected chi connectivity index (χ0v) is 41.8. The molecule has 15 rings (SSSR count). The molecule has 0 fully saturated rings. The molecule has 2 heteroatoms. The molecule has 2 nitrogen and oxygen atoms in total. The summed E-state index contributed by atoms with van der Waals surface area (Å²) in [5.74, 6) is 0. The van der Waals surface area contributed by atoms with Crippen molar-refractivity contribution in [3.05, 3.63) is 284 Å². The van der Waals surface area contributed by atoms with E-state index in [0.29, 0.717) is 0 Å². The van der Waals surface area contributed by atoms with Crippen molar-refractivity contribution in [1.29, 1.82) is 0 Å². The molecular weight excluding hydrogens is 919 g/mol. The first-order valence-corrected chi connectivity index (χ1v) is 26.4. The van der Waals surface area contributed by atoms with E-state index in [0.717, 1.165) is 57.2 Å². The van der Waals surface area contributed by atoms with E-state index in [1.807, 2.05) is 0 Å². The second-order valence-electron chi connectivity index (χ2n) is 20.2. The summed E-state index contributed by atoms with van der Waals surface area (Å²) in [5, 5.41) is 8.53. The number of allylic oxidation sites excluding steroid dienone is 1. The van der Waals surface area contributed by atoms with Crippen LogP contribution >= 0.6 is 0 Å². The highest BCUT2D eigenvalue weighted by Gasteiger charge is 2.26. The van der Waals surface area contributed by atoms with Crippen molar-refractivity contribution in [3.63, 3.8) is 0 Å². The third-order valence-electron chi connectivity index (χ3n) is 15.9. The van der Waals surface area contributed by atoms with Crippen molar-refractivity contribution in [1.82, 2.24) is 4.57 Å². The number of benzene rings is 12. The number of aromatic nitrogens is 1. The number of hydrogen-bond acceptors (Lipinski definition) is 1. The molecule has 0 amide bonds. The van der Waals surface area contributed by atoms with Crippen LogP contribution in [0.15, 0.2) is 271 Å². The van der Waals surface area contributed by atoms with Gasteiger partial charge in [-0.3, -0.25) is 0 Å². The minimum atomic E-state index is 0.868. The summed E-state index contributed by atoms with van der Waals surface area (Å²) in [5.41, 5.74) is 23.6. The van der Waals surface area contributed by atoms with Gasteiger partial charge in [0.1, 0.15) is 11.2 Å². The van der Waals surface area contributed by atoms with Crippen LogP contribution < -0.4 is 0 Å². The van der Waals surface area contributed by atoms with Crippen molar-refractivity contribution in [2.75, 3.05) is 0 Å². The van der Waals surface area contributed by atoms with Crippen LogP contribution in [0.1, 0.15) is 23.2 Å². The molecule has 0 spiro atoms. The lowest BCUT2D eigenvalue weighted by Crippen LogP contribution is -2.05. The lowest BCUT2D eigenvalue weighted by Gasteiger charge is -2.19. The molecule has 0 saturated heterocycles. The van der Waals surface area contributed by atoms with Gasteiger partial charge in [-0.2, -0.15) is 0 Å². The number of nitrogens with zero attached hydrogens (tertiary/aromatic N) is 1. The predicted octanol–water partition coefficient (Wildman–Crippen LogP) is 20.3. The first kappa shape index (κ1) is 43.8. The van der Waals surface area contributed by atoms with Crippen molar-refractivity contribution < 1.29 is 4.42 Å². The molecule has 14 aromatic rings. The SMILES string of the molecule is C1=C(c2cc(-c3ccccc3)cc3c2oc2c(-c4ccccc4)cc(-c4ccccc4)cc23)CCc2c1c1ccccc1n2-c1ccc(-c2ccc3c(-c4ccccc4)c4ccccc4c(-c4ccccc4)c3c2)cc1. The van der Waals surface area contributed by atoms with Crippen molar-refractivity contribution in [2.45, 2.75) is 12.8 Å². The molecule has 0 atom stereocenters. The van der Waals surface area contributed by atoms with Crippen LogP contribution in [0, 0.1) is 0 Å². The summed E-state index contributed by atoms with van der Waals surface area (Å²) in [6.07, 6.45) is 4.21. The Balaban J connectivity index is 0.872. The molecule has 1 aliphatic carbocycles. The molecule has 2 aromatic heterocycles. The molecule has 0 unspecified atom stereocenters. The molecule has 2 heterocycles. The summed E-state index contributed by atoms with van der Waals surface area (Å²) < 4.78 is 9.76. The smallest absolute Gasteiger partial charge is 0.143 e. The van der Waals surface area contributed by atoms with Gasteiger partial charge in [0.15, 0.2) is 0 Å². The molecule has 0 bridgehead atoms. The summed E-state index contributed by atoms with van der Waals surface area (Å²) in [4.78, 5) is 0. The highest BCUT2D eigenvalue weighted by Crippen LogP contribution is 2.48. The fourth-order valence-electron chi connectivity index (χ4n) is 12.4. The van der Waals surface area contributed by atoms with Gasteiger partial charge in [-0.05, 0) is 156 Å². The predicted molar refractivity (Wildman–Crippen MR) is 321 cm³/mol. The van der Waals surface area contributed by atoms with Crippen molar-refractivity contribution in [2.24, 2.45) is 0 Å². The summed E-state index contributed by atoms with van der Waals surface area (Å²) in [7, 11) is 0. The normalized spacial score (nSPS) is 12.4. The maximum absolute atomic E-state index is 7.25. The van der Waals surface area contributed by atoms with E-state index >= 15 is 0 Å². The Labute approximate surface area is 441 Å². The van der Waals surface area contributed by atoms with Gasteiger partial charge in [-0.1, -0.05) is 218 Å². The summed E-state index contributed by atoms with van der Waals surface area (Å²) in [6, 6.07) is 97.4. The van der Waals surface area contributed by atoms with Crippen LogP contribution in [-0.2, 0) is 6.42 Å². The molecular formula is C74H49NO. The minimum absolute atomic E-state index is 0.868. The lowest BCUT2D eigenvalue weighted by molar-refractivity contribution is 0.668. The molecule has 12 aromatic carbocycles. The number of fused-ring (bicyclic) bond motifs is 8. The maximum Gasteiger partial charge on any atom is 0.143 e. The number of furan rings is 1. The van der Waals surface area contributed by atoms with Gasteiger partial charge in [-0.25, -0.2) is 0 Å². The zero-order valence-electron chi connectivity index (χ0n) is 41.8. The fraction of sp³-hybridized carbons (Fsp3) is 0.0270. The number of rotatable bonds is 8. The second kappa shape index (κ2) is 18.0. The van der Waals surface area contributed by atoms with E-state index in [1.165, 1.54) is 105 Å². The van der Waals surface area contributed by atoms with Gasteiger partial charge in [-0.15, -0.1) is 0 Å². The topological polar surface area (TPSA) is 18.1 Å². The van der Waals surface area contributed by atoms with E-state index in [9.17, 15) is 0 Å². The zero-order chi connectivity index (χ0) is 50.1. The fourth-order valence-corrected chi connectivity index (χ4v) is 12.4. The van der Waals surface area contributed by atoms with Gasteiger partial charge < -0.3 is 8.98 Å². The third-order valence-corrected chi connectivity index (χ3v) is 15.9. The highest BCUT2D eigenvalue weighted by molar-refractivity contribution is 6.22. The second-order valence-corrected chi connectivity index (χ2v) is 20.2. The molecule has 1 aliphatic rings. The Morgan fingerprint density at radius 3 is 1.32 bits per heavy atom. The van der Waals surface area contributed by atoms with E-state index in [1.54, 1.807) is 0 Å². The van der Waals surface area contributed by atoms with Crippen LogP contribution in [-0.4, -0.2) is 4.57 Å². The van der Waals surface area contributed by atoms with E-state index < -0.39 is 0 Å². The minimum Gasteiger partial charge on any atom is -0.455 e. The van der Waals surface area contributed by atoms with Gasteiger partial charge >= 0.3 is 0 Å². The van der Waals surface area contributed by atoms with Crippen LogP contribution in [0.3, 0.4) is 0 Å². The maximum atomic E-state index is 7.25. The molecule has 0 saturated carbocycles. The van der Waals surface area contributed by atoms with E-state index in [2.05, 4.69) is 278 Å². The monoisotopic (exact) mass is 967 g/mol. The summed E-state index contributed by atoms with van der Waals surface area (Å²) in [6.45, 7) is 0. The molecule has 76 heavy (non-hydrogen) atoms. The van der Waals surface area contributed by atoms with Gasteiger partial charge in [0.25, 0.3) is 0 Å². The molecule has 356 valence electrons. The molecule has 0 N–H and O–H groups in total. The molecule has 0 aliphatic heterocycles. The Hall–Kier alpha value is -9.76. The average Bonchev–Trinajstić information content (AvgIpc) is 4.08. The Bertz CT molecular complexity index is 4570. The third kappa shape index (κ3) is 7.25. The van der Waals surface area contributed by atoms with Gasteiger partial charge in [0, 0.05) is 44.2 Å². The van der Waals surface area contributed by atoms with Crippen LogP contribution in [0.4, 0.5) is 0 Å².